The highest BCUT2D eigenvalue weighted by atomic mass is 16.2. The number of aromatic nitrogens is 4. The number of fused-ring (bicyclic) bond motifs is 1. The molecule has 7 heteroatoms. The summed E-state index contributed by atoms with van der Waals surface area (Å²) < 4.78 is 1.78. The molecule has 0 saturated carbocycles. The summed E-state index contributed by atoms with van der Waals surface area (Å²) in [7, 11) is 0. The summed E-state index contributed by atoms with van der Waals surface area (Å²) in [5.41, 5.74) is 1.33. The maximum absolute atomic E-state index is 12.3. The molecule has 0 aliphatic carbocycles. The van der Waals surface area contributed by atoms with Gasteiger partial charge in [-0.2, -0.15) is 0 Å². The van der Waals surface area contributed by atoms with Crippen molar-refractivity contribution < 1.29 is 4.79 Å². The number of para-hydroxylation sites is 1. The zero-order chi connectivity index (χ0) is 18.6. The monoisotopic (exact) mass is 359 g/mol. The highest BCUT2D eigenvalue weighted by Crippen LogP contribution is 2.16. The molecule has 2 heterocycles. The van der Waals surface area contributed by atoms with Crippen LogP contribution in [0.1, 0.15) is 5.82 Å². The van der Waals surface area contributed by atoms with Crippen molar-refractivity contribution in [2.75, 3.05) is 0 Å². The van der Waals surface area contributed by atoms with E-state index in [1.54, 1.807) is 35.2 Å². The number of benzene rings is 2. The van der Waals surface area contributed by atoms with Gasteiger partial charge in [0.2, 0.25) is 5.91 Å². The van der Waals surface area contributed by atoms with E-state index in [9.17, 15) is 9.59 Å². The fourth-order valence-corrected chi connectivity index (χ4v) is 2.90. The van der Waals surface area contributed by atoms with Crippen LogP contribution in [0, 0.1) is 0 Å². The van der Waals surface area contributed by atoms with E-state index in [-0.39, 0.29) is 24.6 Å². The molecule has 7 nitrogen and oxygen atoms in total. The number of hydrogen-bond donors (Lipinski definition) is 2. The second-order valence-corrected chi connectivity index (χ2v) is 6.05. The third kappa shape index (κ3) is 3.62. The largest absolute Gasteiger partial charge is 0.347 e. The molecule has 0 aliphatic rings. The average molecular weight is 359 g/mol. The quantitative estimate of drug-likeness (QED) is 0.571. The Morgan fingerprint density at radius 3 is 2.70 bits per heavy atom. The van der Waals surface area contributed by atoms with Crippen LogP contribution in [0.3, 0.4) is 0 Å². The van der Waals surface area contributed by atoms with Crippen LogP contribution in [-0.2, 0) is 17.9 Å². The standard InChI is InChI=1S/C20H17N5O2/c26-18(13-25-11-10-21-19(25)14-6-2-1-3-7-14)22-12-17-23-16-9-5-4-8-15(16)20(27)24-17/h1-11H,12-13H2,(H,22,26)(H,23,24,27). The lowest BCUT2D eigenvalue weighted by Gasteiger charge is -2.09. The van der Waals surface area contributed by atoms with Crippen LogP contribution in [0.25, 0.3) is 22.3 Å². The number of rotatable bonds is 5. The highest BCUT2D eigenvalue weighted by Gasteiger charge is 2.10. The number of nitrogens with one attached hydrogen (secondary N) is 2. The van der Waals surface area contributed by atoms with E-state index in [2.05, 4.69) is 20.3 Å². The second kappa shape index (κ2) is 7.25. The maximum Gasteiger partial charge on any atom is 0.258 e. The van der Waals surface area contributed by atoms with Crippen molar-refractivity contribution >= 4 is 16.8 Å². The van der Waals surface area contributed by atoms with Crippen LogP contribution < -0.4 is 10.9 Å². The van der Waals surface area contributed by atoms with Gasteiger partial charge in [-0.05, 0) is 12.1 Å². The van der Waals surface area contributed by atoms with Gasteiger partial charge in [0, 0.05) is 18.0 Å². The zero-order valence-corrected chi connectivity index (χ0v) is 14.4. The number of nitrogens with zero attached hydrogens (tertiary/aromatic N) is 3. The van der Waals surface area contributed by atoms with Crippen LogP contribution >= 0.6 is 0 Å². The molecule has 0 spiro atoms. The fourth-order valence-electron chi connectivity index (χ4n) is 2.90. The van der Waals surface area contributed by atoms with Crippen molar-refractivity contribution in [1.29, 1.82) is 0 Å². The Kier molecular flexibility index (Phi) is 4.49. The van der Waals surface area contributed by atoms with Gasteiger partial charge in [0.05, 0.1) is 17.4 Å². The molecule has 134 valence electrons. The van der Waals surface area contributed by atoms with Crippen molar-refractivity contribution in [2.24, 2.45) is 0 Å². The van der Waals surface area contributed by atoms with Crippen molar-refractivity contribution in [1.82, 2.24) is 24.8 Å². The van der Waals surface area contributed by atoms with Gasteiger partial charge in [-0.25, -0.2) is 9.97 Å². The predicted octanol–water partition coefficient (Wildman–Crippen LogP) is 2.10. The summed E-state index contributed by atoms with van der Waals surface area (Å²) in [5, 5.41) is 3.31. The fraction of sp³-hybridized carbons (Fsp3) is 0.100. The van der Waals surface area contributed by atoms with E-state index in [0.717, 1.165) is 11.4 Å². The molecule has 0 radical (unpaired) electrons. The molecule has 0 atom stereocenters. The van der Waals surface area contributed by atoms with Gasteiger partial charge in [0.15, 0.2) is 0 Å². The Morgan fingerprint density at radius 2 is 1.85 bits per heavy atom. The van der Waals surface area contributed by atoms with Crippen molar-refractivity contribution in [3.8, 4) is 11.4 Å². The Bertz CT molecular complexity index is 1150. The van der Waals surface area contributed by atoms with Crippen molar-refractivity contribution in [2.45, 2.75) is 13.1 Å². The molecular weight excluding hydrogens is 342 g/mol. The maximum atomic E-state index is 12.3. The summed E-state index contributed by atoms with van der Waals surface area (Å²) >= 11 is 0. The van der Waals surface area contributed by atoms with E-state index in [4.69, 9.17) is 0 Å². The molecule has 4 aromatic rings. The van der Waals surface area contributed by atoms with Gasteiger partial charge >= 0.3 is 0 Å². The molecule has 27 heavy (non-hydrogen) atoms. The van der Waals surface area contributed by atoms with Crippen LogP contribution in [0.4, 0.5) is 0 Å². The van der Waals surface area contributed by atoms with Gasteiger partial charge < -0.3 is 14.9 Å². The van der Waals surface area contributed by atoms with Gasteiger partial charge in [0.25, 0.3) is 5.56 Å². The molecule has 2 N–H and O–H groups in total. The number of carbonyl (C=O) groups excluding carboxylic acids is 1. The first-order chi connectivity index (χ1) is 13.2. The number of H-pyrrole nitrogens is 1. The van der Waals surface area contributed by atoms with Crippen LogP contribution in [0.2, 0.25) is 0 Å². The minimum Gasteiger partial charge on any atom is -0.347 e. The molecule has 0 aliphatic heterocycles. The number of amides is 1. The van der Waals surface area contributed by atoms with Crippen LogP contribution in [0.15, 0.2) is 71.8 Å². The van der Waals surface area contributed by atoms with Gasteiger partial charge in [-0.15, -0.1) is 0 Å². The van der Waals surface area contributed by atoms with Crippen LogP contribution in [0.5, 0.6) is 0 Å². The van der Waals surface area contributed by atoms with Crippen molar-refractivity contribution in [3.05, 3.63) is 83.2 Å². The number of imidazole rings is 1. The lowest BCUT2D eigenvalue weighted by molar-refractivity contribution is -0.121. The molecule has 4 rings (SSSR count). The summed E-state index contributed by atoms with van der Waals surface area (Å²) in [4.78, 5) is 35.8. The molecule has 0 saturated heterocycles. The lowest BCUT2D eigenvalue weighted by Crippen LogP contribution is -2.29. The molecule has 0 unspecified atom stereocenters. The van der Waals surface area contributed by atoms with E-state index in [1.807, 2.05) is 36.4 Å². The SMILES string of the molecule is O=C(Cn1ccnc1-c1ccccc1)NCc1nc2ccccc2c(=O)[nH]1. The van der Waals surface area contributed by atoms with Gasteiger partial charge in [-0.1, -0.05) is 42.5 Å². The third-order valence-corrected chi connectivity index (χ3v) is 4.18. The second-order valence-electron chi connectivity index (χ2n) is 6.05. The van der Waals surface area contributed by atoms with Gasteiger partial charge in [-0.3, -0.25) is 9.59 Å². The first-order valence-corrected chi connectivity index (χ1v) is 8.52. The predicted molar refractivity (Wildman–Crippen MR) is 102 cm³/mol. The summed E-state index contributed by atoms with van der Waals surface area (Å²) in [6.45, 7) is 0.274. The minimum atomic E-state index is -0.217. The van der Waals surface area contributed by atoms with Crippen LogP contribution in [-0.4, -0.2) is 25.4 Å². The van der Waals surface area contributed by atoms with E-state index >= 15 is 0 Å². The Hall–Kier alpha value is -3.74. The normalized spacial score (nSPS) is 10.8. The Labute approximate surface area is 154 Å². The van der Waals surface area contributed by atoms with E-state index in [0.29, 0.717) is 16.7 Å². The average Bonchev–Trinajstić information content (AvgIpc) is 3.15. The van der Waals surface area contributed by atoms with Crippen molar-refractivity contribution in [3.63, 3.8) is 0 Å². The summed E-state index contributed by atoms with van der Waals surface area (Å²) in [5.74, 6) is 0.949. The molecule has 2 aromatic carbocycles. The first kappa shape index (κ1) is 16.7. The lowest BCUT2D eigenvalue weighted by atomic mass is 10.2. The number of hydrogen-bond acceptors (Lipinski definition) is 4. The Morgan fingerprint density at radius 1 is 1.07 bits per heavy atom. The van der Waals surface area contributed by atoms with E-state index < -0.39 is 0 Å². The molecule has 2 aromatic heterocycles. The third-order valence-electron chi connectivity index (χ3n) is 4.18. The highest BCUT2D eigenvalue weighted by molar-refractivity contribution is 5.78. The number of carbonyl (C=O) groups is 1. The molecule has 0 fully saturated rings. The van der Waals surface area contributed by atoms with E-state index in [1.165, 1.54) is 0 Å². The first-order valence-electron chi connectivity index (χ1n) is 8.52. The number of aromatic amines is 1. The summed E-state index contributed by atoms with van der Waals surface area (Å²) in [6, 6.07) is 16.8. The molecule has 1 amide bonds. The Balaban J connectivity index is 1.46. The van der Waals surface area contributed by atoms with Gasteiger partial charge in [0.1, 0.15) is 18.2 Å². The molecule has 0 bridgehead atoms. The minimum absolute atomic E-state index is 0.127. The smallest absolute Gasteiger partial charge is 0.258 e. The zero-order valence-electron chi connectivity index (χ0n) is 14.4. The molecular formula is C20H17N5O2. The summed E-state index contributed by atoms with van der Waals surface area (Å²) in [6.07, 6.45) is 3.43. The topological polar surface area (TPSA) is 92.7 Å².